The van der Waals surface area contributed by atoms with Crippen LogP contribution in [0.3, 0.4) is 0 Å². The van der Waals surface area contributed by atoms with Crippen molar-refractivity contribution in [1.29, 1.82) is 5.26 Å². The molecule has 0 radical (unpaired) electrons. The summed E-state index contributed by atoms with van der Waals surface area (Å²) in [5, 5.41) is 9.91. The standard InChI is InChI=1S/C15H10ClN3O4/c1-21-10-6-11(22-2)19-14(18-10)15(7-17)8-4-3-5-9(16)12(8)13(20)23-15/h3-6H,1-2H3. The third-order valence-electron chi connectivity index (χ3n) is 3.41. The van der Waals surface area contributed by atoms with E-state index in [4.69, 9.17) is 25.8 Å². The van der Waals surface area contributed by atoms with Crippen LogP contribution in [-0.2, 0) is 10.3 Å². The first-order valence-corrected chi connectivity index (χ1v) is 6.84. The molecule has 0 amide bonds. The highest BCUT2D eigenvalue weighted by molar-refractivity contribution is 6.34. The van der Waals surface area contributed by atoms with Crippen molar-refractivity contribution in [1.82, 2.24) is 9.97 Å². The summed E-state index contributed by atoms with van der Waals surface area (Å²) in [6.07, 6.45) is 0. The molecule has 116 valence electrons. The van der Waals surface area contributed by atoms with Gasteiger partial charge in [-0.05, 0) is 6.07 Å². The van der Waals surface area contributed by atoms with Crippen molar-refractivity contribution in [2.24, 2.45) is 0 Å². The van der Waals surface area contributed by atoms with E-state index in [1.807, 2.05) is 6.07 Å². The van der Waals surface area contributed by atoms with Gasteiger partial charge in [0, 0.05) is 5.56 Å². The number of fused-ring (bicyclic) bond motifs is 1. The quantitative estimate of drug-likeness (QED) is 0.795. The van der Waals surface area contributed by atoms with Gasteiger partial charge in [0.25, 0.3) is 5.60 Å². The largest absolute Gasteiger partial charge is 0.481 e. The maximum absolute atomic E-state index is 12.2. The molecule has 3 rings (SSSR count). The minimum Gasteiger partial charge on any atom is -0.481 e. The molecule has 0 saturated carbocycles. The summed E-state index contributed by atoms with van der Waals surface area (Å²) in [7, 11) is 2.83. The van der Waals surface area contributed by atoms with Crippen LogP contribution in [-0.4, -0.2) is 30.2 Å². The number of cyclic esters (lactones) is 1. The van der Waals surface area contributed by atoms with Crippen molar-refractivity contribution in [2.45, 2.75) is 5.60 Å². The summed E-state index contributed by atoms with van der Waals surface area (Å²) in [6.45, 7) is 0. The van der Waals surface area contributed by atoms with Gasteiger partial charge in [-0.15, -0.1) is 0 Å². The lowest BCUT2D eigenvalue weighted by molar-refractivity contribution is 0.0269. The SMILES string of the molecule is COc1cc(OC)nc(C2(C#N)OC(=O)c3c(Cl)cccc32)n1. The second-order valence-electron chi connectivity index (χ2n) is 4.62. The molecule has 8 heteroatoms. The molecule has 1 unspecified atom stereocenters. The van der Waals surface area contributed by atoms with Gasteiger partial charge in [0.1, 0.15) is 6.07 Å². The Bertz CT molecular complexity index is 827. The third-order valence-corrected chi connectivity index (χ3v) is 3.73. The monoisotopic (exact) mass is 331 g/mol. The third kappa shape index (κ3) is 2.15. The van der Waals surface area contributed by atoms with Gasteiger partial charge < -0.3 is 14.2 Å². The van der Waals surface area contributed by atoms with Crippen molar-refractivity contribution in [3.05, 3.63) is 46.2 Å². The van der Waals surface area contributed by atoms with Gasteiger partial charge in [0.05, 0.1) is 30.9 Å². The first-order chi connectivity index (χ1) is 11.1. The topological polar surface area (TPSA) is 94.3 Å². The first kappa shape index (κ1) is 15.1. The minimum absolute atomic E-state index is 0.0643. The molecular weight excluding hydrogens is 322 g/mol. The van der Waals surface area contributed by atoms with E-state index >= 15 is 0 Å². The number of nitrogens with zero attached hydrogens (tertiary/aromatic N) is 3. The Hall–Kier alpha value is -2.85. The molecule has 1 aromatic carbocycles. The molecule has 0 fully saturated rings. The molecule has 1 aromatic heterocycles. The van der Waals surface area contributed by atoms with Crippen molar-refractivity contribution < 1.29 is 19.0 Å². The van der Waals surface area contributed by atoms with Crippen LogP contribution in [0.1, 0.15) is 21.7 Å². The molecule has 2 aromatic rings. The zero-order chi connectivity index (χ0) is 16.6. The predicted octanol–water partition coefficient (Wildman–Crippen LogP) is 2.08. The van der Waals surface area contributed by atoms with Crippen molar-refractivity contribution in [3.8, 4) is 17.8 Å². The molecule has 1 aliphatic rings. The fourth-order valence-electron chi connectivity index (χ4n) is 2.34. The lowest BCUT2D eigenvalue weighted by Gasteiger charge is -2.20. The number of methoxy groups -OCH3 is 2. The van der Waals surface area contributed by atoms with E-state index in [1.54, 1.807) is 18.2 Å². The van der Waals surface area contributed by atoms with Gasteiger partial charge in [-0.1, -0.05) is 23.7 Å². The highest BCUT2D eigenvalue weighted by Crippen LogP contribution is 2.43. The Labute approximate surface area is 136 Å². The average Bonchev–Trinajstić information content (AvgIpc) is 2.89. The van der Waals surface area contributed by atoms with Gasteiger partial charge in [-0.2, -0.15) is 15.2 Å². The molecular formula is C15H10ClN3O4. The van der Waals surface area contributed by atoms with Crippen LogP contribution in [0.15, 0.2) is 24.3 Å². The number of ether oxygens (including phenoxy) is 3. The maximum Gasteiger partial charge on any atom is 0.342 e. The number of rotatable bonds is 3. The molecule has 0 N–H and O–H groups in total. The smallest absolute Gasteiger partial charge is 0.342 e. The van der Waals surface area contributed by atoms with Crippen LogP contribution in [0.4, 0.5) is 0 Å². The number of esters is 1. The van der Waals surface area contributed by atoms with E-state index in [2.05, 4.69) is 9.97 Å². The number of nitriles is 1. The summed E-state index contributed by atoms with van der Waals surface area (Å²) in [4.78, 5) is 20.4. The molecule has 1 atom stereocenters. The fourth-order valence-corrected chi connectivity index (χ4v) is 2.59. The molecule has 1 aliphatic heterocycles. The Balaban J connectivity index is 2.29. The molecule has 0 spiro atoms. The predicted molar refractivity (Wildman–Crippen MR) is 78.4 cm³/mol. The average molecular weight is 332 g/mol. The van der Waals surface area contributed by atoms with Crippen molar-refractivity contribution in [3.63, 3.8) is 0 Å². The lowest BCUT2D eigenvalue weighted by Crippen LogP contribution is -2.28. The molecule has 0 aliphatic carbocycles. The van der Waals surface area contributed by atoms with E-state index < -0.39 is 11.6 Å². The number of halogens is 1. The van der Waals surface area contributed by atoms with Crippen molar-refractivity contribution in [2.75, 3.05) is 14.2 Å². The first-order valence-electron chi connectivity index (χ1n) is 6.47. The van der Waals surface area contributed by atoms with E-state index in [-0.39, 0.29) is 33.7 Å². The van der Waals surface area contributed by atoms with Gasteiger partial charge in [-0.3, -0.25) is 0 Å². The number of hydrogen-bond donors (Lipinski definition) is 0. The van der Waals surface area contributed by atoms with E-state index in [0.29, 0.717) is 0 Å². The summed E-state index contributed by atoms with van der Waals surface area (Å²) in [6, 6.07) is 8.16. The van der Waals surface area contributed by atoms with Crippen LogP contribution >= 0.6 is 11.6 Å². The van der Waals surface area contributed by atoms with Crippen LogP contribution < -0.4 is 9.47 Å². The van der Waals surface area contributed by atoms with Crippen molar-refractivity contribution >= 4 is 17.6 Å². The molecule has 23 heavy (non-hydrogen) atoms. The number of aromatic nitrogens is 2. The van der Waals surface area contributed by atoms with Crippen LogP contribution in [0.2, 0.25) is 5.02 Å². The van der Waals surface area contributed by atoms with E-state index in [0.717, 1.165) is 0 Å². The van der Waals surface area contributed by atoms with Gasteiger partial charge in [-0.25, -0.2) is 4.79 Å². The Kier molecular flexibility index (Phi) is 3.54. The number of benzene rings is 1. The number of hydrogen-bond acceptors (Lipinski definition) is 7. The van der Waals surface area contributed by atoms with Gasteiger partial charge >= 0.3 is 5.97 Å². The second-order valence-corrected chi connectivity index (χ2v) is 5.03. The highest BCUT2D eigenvalue weighted by atomic mass is 35.5. The van der Waals surface area contributed by atoms with Gasteiger partial charge in [0.2, 0.25) is 11.8 Å². The molecule has 2 heterocycles. The highest BCUT2D eigenvalue weighted by Gasteiger charge is 2.51. The summed E-state index contributed by atoms with van der Waals surface area (Å²) in [5.41, 5.74) is -1.40. The lowest BCUT2D eigenvalue weighted by atomic mass is 9.92. The second kappa shape index (κ2) is 5.41. The van der Waals surface area contributed by atoms with E-state index in [9.17, 15) is 10.1 Å². The van der Waals surface area contributed by atoms with Crippen LogP contribution in [0.25, 0.3) is 0 Å². The Morgan fingerprint density at radius 1 is 1.26 bits per heavy atom. The molecule has 0 saturated heterocycles. The summed E-state index contributed by atoms with van der Waals surface area (Å²) in [5.74, 6) is -0.427. The normalized spacial score (nSPS) is 18.8. The Morgan fingerprint density at radius 2 is 1.91 bits per heavy atom. The van der Waals surface area contributed by atoms with Crippen LogP contribution in [0.5, 0.6) is 11.8 Å². The molecule has 7 nitrogen and oxygen atoms in total. The maximum atomic E-state index is 12.2. The zero-order valence-corrected chi connectivity index (χ0v) is 12.9. The Morgan fingerprint density at radius 3 is 2.48 bits per heavy atom. The van der Waals surface area contributed by atoms with E-state index in [1.165, 1.54) is 20.3 Å². The minimum atomic E-state index is -1.81. The van der Waals surface area contributed by atoms with Gasteiger partial charge in [0.15, 0.2) is 5.82 Å². The fraction of sp³-hybridized carbons (Fsp3) is 0.200. The van der Waals surface area contributed by atoms with Crippen LogP contribution in [0, 0.1) is 11.3 Å². The zero-order valence-electron chi connectivity index (χ0n) is 12.2. The summed E-state index contributed by atoms with van der Waals surface area (Å²) < 4.78 is 15.5. The number of carbonyl (C=O) groups excluding carboxylic acids is 1. The number of carbonyl (C=O) groups is 1. The summed E-state index contributed by atoms with van der Waals surface area (Å²) >= 11 is 6.05. The molecule has 0 bridgehead atoms.